The molecule has 1 aliphatic rings. The number of nitrogens with one attached hydrogen (secondary N) is 1. The number of carbonyl (C=O) groups is 1. The molecule has 35 heavy (non-hydrogen) atoms. The van der Waals surface area contributed by atoms with Crippen molar-refractivity contribution in [2.75, 3.05) is 12.3 Å². The van der Waals surface area contributed by atoms with Gasteiger partial charge in [-0.25, -0.2) is 15.0 Å². The molecule has 0 saturated carbocycles. The molecule has 1 aliphatic heterocycles. The summed E-state index contributed by atoms with van der Waals surface area (Å²) in [6.45, 7) is -0.390. The molecule has 191 valence electrons. The van der Waals surface area contributed by atoms with Gasteiger partial charge < -0.3 is 41.6 Å². The number of ether oxygens (including phenoxy) is 1. The second-order valence-corrected chi connectivity index (χ2v) is 7.82. The third-order valence-corrected chi connectivity index (χ3v) is 5.61. The van der Waals surface area contributed by atoms with E-state index in [0.29, 0.717) is 17.6 Å². The van der Waals surface area contributed by atoms with E-state index in [4.69, 9.17) is 26.4 Å². The Morgan fingerprint density at radius 3 is 2.63 bits per heavy atom. The molecule has 1 unspecified atom stereocenters. The van der Waals surface area contributed by atoms with Crippen LogP contribution in [0.4, 0.5) is 5.82 Å². The number of para-hydroxylation sites is 1. The van der Waals surface area contributed by atoms with E-state index in [1.165, 1.54) is 17.2 Å². The average Bonchev–Trinajstić information content (AvgIpc) is 3.52. The molecule has 13 nitrogen and oxygen atoms in total. The van der Waals surface area contributed by atoms with Crippen molar-refractivity contribution in [2.45, 2.75) is 37.0 Å². The van der Waals surface area contributed by atoms with Gasteiger partial charge in [-0.2, -0.15) is 0 Å². The van der Waals surface area contributed by atoms with Crippen LogP contribution in [-0.4, -0.2) is 81.9 Å². The summed E-state index contributed by atoms with van der Waals surface area (Å²) in [5.74, 6) is -0.754. The third-order valence-electron chi connectivity index (χ3n) is 5.61. The number of hydrogen-bond donors (Lipinski definition) is 7. The number of aliphatic hydroxyl groups excluding tert-OH is 3. The molecule has 0 amide bonds. The molecule has 0 aliphatic carbocycles. The summed E-state index contributed by atoms with van der Waals surface area (Å²) in [4.78, 5) is 25.6. The van der Waals surface area contributed by atoms with Gasteiger partial charge in [-0.15, -0.1) is 0 Å². The van der Waals surface area contributed by atoms with E-state index in [0.717, 1.165) is 16.5 Å². The SMILES string of the molecule is NC(Cc1c[nH]c2ccccc12)C(=O)O.Nc1ncnc2c1ncn2[C@@H]1O[C@H](CO)[C@@H](O)[C@H]1O.[Au]. The summed E-state index contributed by atoms with van der Waals surface area (Å²) in [5.41, 5.74) is 13.9. The van der Waals surface area contributed by atoms with Gasteiger partial charge in [0.1, 0.15) is 36.2 Å². The molecule has 5 rings (SSSR count). The summed E-state index contributed by atoms with van der Waals surface area (Å²) < 4.78 is 6.85. The monoisotopic (exact) mass is 668 g/mol. The number of anilines is 1. The molecule has 0 spiro atoms. The number of aliphatic carboxylic acids is 1. The minimum atomic E-state index is -1.19. The Morgan fingerprint density at radius 1 is 1.20 bits per heavy atom. The van der Waals surface area contributed by atoms with Crippen LogP contribution in [0.15, 0.2) is 43.1 Å². The van der Waals surface area contributed by atoms with Gasteiger partial charge in [-0.3, -0.25) is 9.36 Å². The van der Waals surface area contributed by atoms with Gasteiger partial charge >= 0.3 is 5.97 Å². The summed E-state index contributed by atoms with van der Waals surface area (Å²) >= 11 is 0. The van der Waals surface area contributed by atoms with Gasteiger partial charge in [0.25, 0.3) is 0 Å². The zero-order valence-corrected chi connectivity index (χ0v) is 20.4. The predicted molar refractivity (Wildman–Crippen MR) is 120 cm³/mol. The Morgan fingerprint density at radius 2 is 1.94 bits per heavy atom. The molecule has 1 radical (unpaired) electrons. The molecule has 14 heteroatoms. The maximum absolute atomic E-state index is 10.6. The molecule has 9 N–H and O–H groups in total. The van der Waals surface area contributed by atoms with Crippen molar-refractivity contribution in [1.82, 2.24) is 24.5 Å². The van der Waals surface area contributed by atoms with E-state index in [9.17, 15) is 15.0 Å². The fraction of sp³-hybridized carbons (Fsp3) is 0.333. The van der Waals surface area contributed by atoms with E-state index in [-0.39, 0.29) is 28.2 Å². The van der Waals surface area contributed by atoms with Gasteiger partial charge in [-0.05, 0) is 11.6 Å². The van der Waals surface area contributed by atoms with Crippen molar-refractivity contribution in [2.24, 2.45) is 5.73 Å². The van der Waals surface area contributed by atoms with Crippen LogP contribution in [0.1, 0.15) is 11.8 Å². The Kier molecular flexibility index (Phi) is 8.58. The Labute approximate surface area is 214 Å². The van der Waals surface area contributed by atoms with Gasteiger partial charge in [0.2, 0.25) is 0 Å². The van der Waals surface area contributed by atoms with E-state index in [1.54, 1.807) is 0 Å². The fourth-order valence-corrected chi connectivity index (χ4v) is 3.79. The molecule has 0 bridgehead atoms. The van der Waals surface area contributed by atoms with Crippen molar-refractivity contribution < 1.29 is 52.3 Å². The van der Waals surface area contributed by atoms with Crippen LogP contribution >= 0.6 is 0 Å². The second-order valence-electron chi connectivity index (χ2n) is 7.82. The van der Waals surface area contributed by atoms with Crippen LogP contribution in [0.25, 0.3) is 22.1 Å². The quantitative estimate of drug-likeness (QED) is 0.130. The van der Waals surface area contributed by atoms with Gasteiger partial charge in [0, 0.05) is 45.9 Å². The van der Waals surface area contributed by atoms with Crippen molar-refractivity contribution in [1.29, 1.82) is 0 Å². The molecule has 4 aromatic rings. The van der Waals surface area contributed by atoms with Gasteiger partial charge in [-0.1, -0.05) is 18.2 Å². The number of fused-ring (bicyclic) bond motifs is 2. The number of aliphatic hydroxyl groups is 3. The average molecular weight is 668 g/mol. The minimum Gasteiger partial charge on any atom is -0.480 e. The molecular formula is C21H25AuN7O6. The smallest absolute Gasteiger partial charge is 0.320 e. The number of rotatable bonds is 5. The normalized spacial score (nSPS) is 22.4. The van der Waals surface area contributed by atoms with E-state index in [2.05, 4.69) is 19.9 Å². The molecular weight excluding hydrogens is 643 g/mol. The maximum atomic E-state index is 10.6. The zero-order chi connectivity index (χ0) is 24.4. The summed E-state index contributed by atoms with van der Waals surface area (Å²) in [6.07, 6.45) is 0.737. The van der Waals surface area contributed by atoms with E-state index in [1.807, 2.05) is 30.5 Å². The van der Waals surface area contributed by atoms with Crippen molar-refractivity contribution >= 4 is 33.9 Å². The number of hydrogen-bond acceptors (Lipinski definition) is 10. The predicted octanol–water partition coefficient (Wildman–Crippen LogP) is -0.860. The first-order chi connectivity index (χ1) is 16.3. The van der Waals surface area contributed by atoms with Gasteiger partial charge in [0.05, 0.1) is 12.9 Å². The van der Waals surface area contributed by atoms with Crippen LogP contribution in [0.5, 0.6) is 0 Å². The van der Waals surface area contributed by atoms with Crippen LogP contribution < -0.4 is 11.5 Å². The van der Waals surface area contributed by atoms with Gasteiger partial charge in [0.15, 0.2) is 17.7 Å². The fourth-order valence-electron chi connectivity index (χ4n) is 3.79. The molecule has 1 saturated heterocycles. The topological polar surface area (TPSA) is 219 Å². The zero-order valence-electron chi connectivity index (χ0n) is 18.2. The third kappa shape index (κ3) is 5.37. The van der Waals surface area contributed by atoms with E-state index >= 15 is 0 Å². The van der Waals surface area contributed by atoms with Crippen molar-refractivity contribution in [3.63, 3.8) is 0 Å². The summed E-state index contributed by atoms with van der Waals surface area (Å²) in [6, 6.07) is 6.91. The Bertz CT molecular complexity index is 1300. The summed E-state index contributed by atoms with van der Waals surface area (Å²) in [5, 5.41) is 38.5. The first kappa shape index (κ1) is 26.7. The second kappa shape index (κ2) is 11.2. The number of benzene rings is 1. The number of carboxylic acid groups (broad SMARTS) is 1. The number of carboxylic acids is 1. The largest absolute Gasteiger partial charge is 0.480 e. The Balaban J connectivity index is 0.000000195. The first-order valence-electron chi connectivity index (χ1n) is 10.4. The number of nitrogen functional groups attached to an aromatic ring is 1. The number of imidazole rings is 1. The minimum absolute atomic E-state index is 0. The van der Waals surface area contributed by atoms with Crippen molar-refractivity contribution in [3.05, 3.63) is 48.7 Å². The Hall–Kier alpha value is -2.88. The van der Waals surface area contributed by atoms with E-state index < -0.39 is 43.2 Å². The molecule has 1 aromatic carbocycles. The number of aromatic amines is 1. The standard InChI is InChI=1S/C11H12N2O2.C10H13N5O4.Au/c12-9(11(14)15)5-7-6-13-10-4-2-1-3-8(7)10;11-8-5-9(13-2-12-8)15(3-14-5)10-7(18)6(17)4(1-16)19-10;/h1-4,6,9,13H,5,12H2,(H,14,15);2-4,6-7,10,16-18H,1H2,(H2,11,12,13);/t;4-,6-,7-,10-;/m.1./s1. The number of aromatic nitrogens is 5. The number of H-pyrrole nitrogens is 1. The molecule has 1 fully saturated rings. The molecule has 5 atom stereocenters. The number of nitrogens with zero attached hydrogens (tertiary/aromatic N) is 4. The summed E-state index contributed by atoms with van der Waals surface area (Å²) in [7, 11) is 0. The molecule has 4 heterocycles. The van der Waals surface area contributed by atoms with Crippen LogP contribution in [0, 0.1) is 0 Å². The van der Waals surface area contributed by atoms with Crippen LogP contribution in [0.2, 0.25) is 0 Å². The first-order valence-corrected chi connectivity index (χ1v) is 10.4. The molecule has 3 aromatic heterocycles. The van der Waals surface area contributed by atoms with Crippen molar-refractivity contribution in [3.8, 4) is 0 Å². The number of nitrogens with two attached hydrogens (primary N) is 2. The maximum Gasteiger partial charge on any atom is 0.320 e. The van der Waals surface area contributed by atoms with Crippen LogP contribution in [0.3, 0.4) is 0 Å². The van der Waals surface area contributed by atoms with Crippen LogP contribution in [-0.2, 0) is 38.3 Å².